The van der Waals surface area contributed by atoms with Crippen LogP contribution in [0.15, 0.2) is 29.1 Å². The highest BCUT2D eigenvalue weighted by Gasteiger charge is 2.45. The van der Waals surface area contributed by atoms with Gasteiger partial charge in [0.2, 0.25) is 0 Å². The molecule has 0 amide bonds. The number of aromatic nitrogens is 2. The van der Waals surface area contributed by atoms with Crippen LogP contribution in [0.5, 0.6) is 5.75 Å². The third kappa shape index (κ3) is 2.15. The van der Waals surface area contributed by atoms with Crippen LogP contribution in [0.1, 0.15) is 30.0 Å². The minimum absolute atomic E-state index is 0.108. The molecule has 1 atom stereocenters. The highest BCUT2D eigenvalue weighted by atomic mass is 127. The Kier molecular flexibility index (Phi) is 3.63. The third-order valence-electron chi connectivity index (χ3n) is 5.61. The van der Waals surface area contributed by atoms with Crippen molar-refractivity contribution in [1.29, 1.82) is 0 Å². The van der Waals surface area contributed by atoms with E-state index in [2.05, 4.69) is 22.6 Å². The number of carbonyl (C=O) groups excluding carboxylic acids is 1. The number of nitrogens with zero attached hydrogens (tertiary/aromatic N) is 2. The van der Waals surface area contributed by atoms with Gasteiger partial charge >= 0.3 is 5.97 Å². The monoisotopic (exact) mass is 490 g/mol. The first kappa shape index (κ1) is 17.6. The van der Waals surface area contributed by atoms with Crippen molar-refractivity contribution in [3.05, 3.63) is 54.9 Å². The molecule has 28 heavy (non-hydrogen) atoms. The maximum atomic E-state index is 13.1. The van der Waals surface area contributed by atoms with Crippen LogP contribution < -0.4 is 5.56 Å². The normalized spacial score (nSPS) is 19.9. The van der Waals surface area contributed by atoms with E-state index in [9.17, 15) is 19.8 Å². The molecule has 2 N–H and O–H groups in total. The first-order chi connectivity index (χ1) is 13.3. The van der Waals surface area contributed by atoms with E-state index < -0.39 is 11.6 Å². The number of cyclic esters (lactones) is 1. The molecule has 8 heteroatoms. The Labute approximate surface area is 172 Å². The minimum Gasteiger partial charge on any atom is -0.507 e. The molecule has 1 aromatic carbocycles. The van der Waals surface area contributed by atoms with Crippen LogP contribution in [-0.4, -0.2) is 25.7 Å². The minimum atomic E-state index is -1.83. The zero-order chi connectivity index (χ0) is 19.8. The molecule has 0 fully saturated rings. The molecule has 2 aliphatic rings. The van der Waals surface area contributed by atoms with E-state index in [-0.39, 0.29) is 24.3 Å². The summed E-state index contributed by atoms with van der Waals surface area (Å²) in [5.74, 6) is -0.553. The van der Waals surface area contributed by atoms with Crippen LogP contribution >= 0.6 is 22.6 Å². The first-order valence-electron chi connectivity index (χ1n) is 8.83. The quantitative estimate of drug-likeness (QED) is 0.314. The number of ether oxygens (including phenoxy) is 1. The summed E-state index contributed by atoms with van der Waals surface area (Å²) in [4.78, 5) is 30.0. The van der Waals surface area contributed by atoms with Gasteiger partial charge in [0.15, 0.2) is 5.60 Å². The van der Waals surface area contributed by atoms with Crippen LogP contribution in [0.25, 0.3) is 22.3 Å². The zero-order valence-electron chi connectivity index (χ0n) is 14.8. The maximum Gasteiger partial charge on any atom is 0.343 e. The Bertz CT molecular complexity index is 1270. The molecule has 0 saturated heterocycles. The van der Waals surface area contributed by atoms with Gasteiger partial charge < -0.3 is 19.5 Å². The Balaban J connectivity index is 1.80. The summed E-state index contributed by atoms with van der Waals surface area (Å²) in [5, 5.41) is 21.7. The van der Waals surface area contributed by atoms with Gasteiger partial charge in [-0.1, -0.05) is 6.92 Å². The molecule has 142 valence electrons. The van der Waals surface area contributed by atoms with Crippen LogP contribution in [-0.2, 0) is 28.3 Å². The lowest BCUT2D eigenvalue weighted by atomic mass is 9.86. The highest BCUT2D eigenvalue weighted by molar-refractivity contribution is 14.1. The summed E-state index contributed by atoms with van der Waals surface area (Å²) in [5.41, 5.74) is 1.26. The van der Waals surface area contributed by atoms with Crippen molar-refractivity contribution < 1.29 is 19.7 Å². The standard InChI is InChI=1S/C20H15IN2O5/c1-2-20(27)12-6-14-17-9(5-10-13(22-17)3-4-15(24)16(10)21)7-23(14)18(25)11(12)8-28-19(20)26/h3-6,24,27H,2,7-8H2,1H3/t20-/m0/s1. The SMILES string of the molecule is CC[C@@]1(O)C(=O)OCc2c1cc1n(c2=O)Cc2cc3c(I)c(O)ccc3nc2-1. The Hall–Kier alpha value is -2.46. The van der Waals surface area contributed by atoms with Gasteiger partial charge in [-0.25, -0.2) is 9.78 Å². The van der Waals surface area contributed by atoms with Gasteiger partial charge in [0.25, 0.3) is 5.56 Å². The number of esters is 1. The number of rotatable bonds is 1. The van der Waals surface area contributed by atoms with Crippen molar-refractivity contribution in [2.45, 2.75) is 32.1 Å². The molecule has 0 unspecified atom stereocenters. The van der Waals surface area contributed by atoms with Gasteiger partial charge in [0, 0.05) is 16.5 Å². The Morgan fingerprint density at radius 1 is 1.32 bits per heavy atom. The van der Waals surface area contributed by atoms with E-state index in [0.29, 0.717) is 38.1 Å². The number of halogens is 1. The molecule has 0 aliphatic carbocycles. The fourth-order valence-electron chi connectivity index (χ4n) is 4.01. The van der Waals surface area contributed by atoms with E-state index in [1.807, 2.05) is 6.07 Å². The van der Waals surface area contributed by atoms with Crippen molar-refractivity contribution in [2.24, 2.45) is 0 Å². The van der Waals surface area contributed by atoms with E-state index in [4.69, 9.17) is 9.72 Å². The molecule has 2 aliphatic heterocycles. The number of benzene rings is 1. The topological polar surface area (TPSA) is 102 Å². The molecule has 0 radical (unpaired) electrons. The average molecular weight is 490 g/mol. The number of fused-ring (bicyclic) bond motifs is 5. The smallest absolute Gasteiger partial charge is 0.343 e. The van der Waals surface area contributed by atoms with Crippen molar-refractivity contribution in [2.75, 3.05) is 0 Å². The number of aliphatic hydroxyl groups is 1. The van der Waals surface area contributed by atoms with E-state index in [0.717, 1.165) is 10.9 Å². The molecule has 2 aromatic heterocycles. The number of carbonyl (C=O) groups is 1. The Morgan fingerprint density at radius 2 is 2.11 bits per heavy atom. The van der Waals surface area contributed by atoms with Crippen LogP contribution in [0.4, 0.5) is 0 Å². The average Bonchev–Trinajstić information content (AvgIpc) is 3.05. The summed E-state index contributed by atoms with van der Waals surface area (Å²) in [7, 11) is 0. The van der Waals surface area contributed by atoms with Gasteiger partial charge in [0.05, 0.1) is 32.6 Å². The lowest BCUT2D eigenvalue weighted by Gasteiger charge is -2.31. The van der Waals surface area contributed by atoms with Gasteiger partial charge in [-0.2, -0.15) is 0 Å². The second-order valence-corrected chi connectivity index (χ2v) is 8.14. The lowest BCUT2D eigenvalue weighted by Crippen LogP contribution is -2.44. The molecular weight excluding hydrogens is 475 g/mol. The van der Waals surface area contributed by atoms with Crippen LogP contribution in [0.2, 0.25) is 0 Å². The molecule has 7 nitrogen and oxygen atoms in total. The summed E-state index contributed by atoms with van der Waals surface area (Å²) in [6, 6.07) is 6.94. The van der Waals surface area contributed by atoms with Crippen molar-refractivity contribution in [3.8, 4) is 17.1 Å². The fraction of sp³-hybridized carbons (Fsp3) is 0.250. The molecule has 3 aromatic rings. The van der Waals surface area contributed by atoms with Crippen molar-refractivity contribution in [3.63, 3.8) is 0 Å². The summed E-state index contributed by atoms with van der Waals surface area (Å²) in [6.07, 6.45) is 0.108. The van der Waals surface area contributed by atoms with Crippen molar-refractivity contribution >= 4 is 39.5 Å². The molecule has 4 heterocycles. The van der Waals surface area contributed by atoms with E-state index >= 15 is 0 Å². The number of phenolic OH excluding ortho intramolecular Hbond substituents is 1. The van der Waals surface area contributed by atoms with E-state index in [1.165, 1.54) is 0 Å². The van der Waals surface area contributed by atoms with Gasteiger partial charge in [-0.15, -0.1) is 0 Å². The second-order valence-electron chi connectivity index (χ2n) is 7.06. The number of phenols is 1. The number of hydrogen-bond acceptors (Lipinski definition) is 6. The molecule has 0 saturated carbocycles. The van der Waals surface area contributed by atoms with Crippen molar-refractivity contribution in [1.82, 2.24) is 9.55 Å². The number of aromatic hydroxyl groups is 1. The van der Waals surface area contributed by atoms with Crippen LogP contribution in [0, 0.1) is 3.57 Å². The first-order valence-corrected chi connectivity index (χ1v) is 9.91. The second kappa shape index (κ2) is 5.77. The number of hydrogen-bond donors (Lipinski definition) is 2. The van der Waals surface area contributed by atoms with Gasteiger partial charge in [0.1, 0.15) is 12.4 Å². The summed E-state index contributed by atoms with van der Waals surface area (Å²) < 4.78 is 7.37. The fourth-order valence-corrected chi connectivity index (χ4v) is 4.62. The van der Waals surface area contributed by atoms with Gasteiger partial charge in [-0.3, -0.25) is 4.79 Å². The maximum absolute atomic E-state index is 13.1. The predicted octanol–water partition coefficient (Wildman–Crippen LogP) is 2.39. The third-order valence-corrected chi connectivity index (χ3v) is 6.74. The summed E-state index contributed by atoms with van der Waals surface area (Å²) >= 11 is 2.07. The molecule has 0 bridgehead atoms. The summed E-state index contributed by atoms with van der Waals surface area (Å²) in [6.45, 7) is 1.87. The molecule has 0 spiro atoms. The number of pyridine rings is 2. The zero-order valence-corrected chi connectivity index (χ0v) is 17.0. The largest absolute Gasteiger partial charge is 0.507 e. The lowest BCUT2D eigenvalue weighted by molar-refractivity contribution is -0.172. The van der Waals surface area contributed by atoms with Gasteiger partial charge in [-0.05, 0) is 53.3 Å². The Morgan fingerprint density at radius 3 is 2.86 bits per heavy atom. The molecular formula is C20H15IN2O5. The molecule has 5 rings (SSSR count). The van der Waals surface area contributed by atoms with E-state index in [1.54, 1.807) is 29.7 Å². The predicted molar refractivity (Wildman–Crippen MR) is 109 cm³/mol. The highest BCUT2D eigenvalue weighted by Crippen LogP contribution is 2.39. The van der Waals surface area contributed by atoms with Crippen LogP contribution in [0.3, 0.4) is 0 Å².